The first-order chi connectivity index (χ1) is 15.5. The fourth-order valence-electron chi connectivity index (χ4n) is 3.65. The van der Waals surface area contributed by atoms with Crippen LogP contribution in [0.2, 0.25) is 0 Å². The number of carboxylic acid groups (broad SMARTS) is 1. The first-order valence-electron chi connectivity index (χ1n) is 11.0. The highest BCUT2D eigenvalue weighted by atomic mass is 16.4. The topological polar surface area (TPSA) is 145 Å². The maximum Gasteiger partial charge on any atom is 0.326 e. The summed E-state index contributed by atoms with van der Waals surface area (Å²) in [6.45, 7) is 6.72. The number of nitrogens with one attached hydrogen (secondary N) is 3. The van der Waals surface area contributed by atoms with Crippen LogP contribution >= 0.6 is 0 Å². The highest BCUT2D eigenvalue weighted by molar-refractivity contribution is 5.98. The van der Waals surface area contributed by atoms with Crippen LogP contribution in [-0.4, -0.2) is 70.3 Å². The molecule has 1 aliphatic rings. The Morgan fingerprint density at radius 3 is 2.15 bits per heavy atom. The third-order valence-corrected chi connectivity index (χ3v) is 5.58. The molecule has 0 spiro atoms. The Kier molecular flexibility index (Phi) is 8.95. The number of likely N-dealkylation sites (tertiary alicyclic amines) is 1. The zero-order chi connectivity index (χ0) is 24.7. The van der Waals surface area contributed by atoms with Crippen molar-refractivity contribution in [2.75, 3.05) is 6.54 Å². The number of nitrogens with zero attached hydrogens (tertiary/aromatic N) is 1. The smallest absolute Gasteiger partial charge is 0.326 e. The lowest BCUT2D eigenvalue weighted by molar-refractivity contribution is -0.145. The molecule has 4 amide bonds. The molecule has 1 saturated heterocycles. The van der Waals surface area contributed by atoms with Gasteiger partial charge in [-0.2, -0.15) is 0 Å². The lowest BCUT2D eigenvalue weighted by atomic mass is 10.0. The molecule has 1 aliphatic heterocycles. The van der Waals surface area contributed by atoms with Gasteiger partial charge in [-0.05, 0) is 44.7 Å². The van der Waals surface area contributed by atoms with Gasteiger partial charge in [0.05, 0.1) is 0 Å². The maximum absolute atomic E-state index is 12.9. The third-order valence-electron chi connectivity index (χ3n) is 5.58. The molecule has 1 aromatic carbocycles. The number of hydrogen-bond donors (Lipinski definition) is 4. The van der Waals surface area contributed by atoms with E-state index in [1.165, 1.54) is 18.7 Å². The SMILES string of the molecule is CC(NC(=O)[C@H](C)NC(=O)c1ccccc1)C(=O)N1CCC[C@H]1C(=O)N[C@H](C(=O)O)C(C)C. The minimum Gasteiger partial charge on any atom is -0.480 e. The first kappa shape index (κ1) is 25.8. The van der Waals surface area contributed by atoms with E-state index in [1.54, 1.807) is 44.2 Å². The average molecular weight is 461 g/mol. The summed E-state index contributed by atoms with van der Waals surface area (Å²) in [6, 6.07) is 4.78. The Bertz CT molecular complexity index is 888. The second-order valence-electron chi connectivity index (χ2n) is 8.55. The molecule has 1 unspecified atom stereocenters. The van der Waals surface area contributed by atoms with Gasteiger partial charge < -0.3 is 26.0 Å². The van der Waals surface area contributed by atoms with Gasteiger partial charge in [-0.15, -0.1) is 0 Å². The van der Waals surface area contributed by atoms with Gasteiger partial charge in [-0.1, -0.05) is 32.0 Å². The van der Waals surface area contributed by atoms with E-state index in [-0.39, 0.29) is 5.92 Å². The van der Waals surface area contributed by atoms with Crippen LogP contribution in [0.3, 0.4) is 0 Å². The molecule has 10 heteroatoms. The highest BCUT2D eigenvalue weighted by Crippen LogP contribution is 2.19. The van der Waals surface area contributed by atoms with Crippen molar-refractivity contribution in [3.05, 3.63) is 35.9 Å². The molecule has 0 saturated carbocycles. The van der Waals surface area contributed by atoms with E-state index in [4.69, 9.17) is 0 Å². The molecule has 33 heavy (non-hydrogen) atoms. The molecule has 4 N–H and O–H groups in total. The molecule has 1 heterocycles. The van der Waals surface area contributed by atoms with Crippen molar-refractivity contribution in [1.29, 1.82) is 0 Å². The third kappa shape index (κ3) is 6.77. The van der Waals surface area contributed by atoms with Crippen molar-refractivity contribution < 1.29 is 29.1 Å². The Labute approximate surface area is 193 Å². The summed E-state index contributed by atoms with van der Waals surface area (Å²) in [4.78, 5) is 63.1. The van der Waals surface area contributed by atoms with Gasteiger partial charge in [0.15, 0.2) is 0 Å². The van der Waals surface area contributed by atoms with E-state index in [0.29, 0.717) is 24.9 Å². The van der Waals surface area contributed by atoms with E-state index < -0.39 is 53.8 Å². The zero-order valence-corrected chi connectivity index (χ0v) is 19.3. The Morgan fingerprint density at radius 1 is 0.939 bits per heavy atom. The van der Waals surface area contributed by atoms with Crippen LogP contribution in [0.5, 0.6) is 0 Å². The fraction of sp³-hybridized carbons (Fsp3) is 0.522. The first-order valence-corrected chi connectivity index (χ1v) is 11.0. The van der Waals surface area contributed by atoms with Gasteiger partial charge in [0, 0.05) is 12.1 Å². The van der Waals surface area contributed by atoms with E-state index in [9.17, 15) is 29.1 Å². The van der Waals surface area contributed by atoms with Crippen LogP contribution in [0.25, 0.3) is 0 Å². The number of benzene rings is 1. The molecular weight excluding hydrogens is 428 g/mol. The number of carbonyl (C=O) groups excluding carboxylic acids is 4. The molecule has 2 rings (SSSR count). The molecule has 0 bridgehead atoms. The van der Waals surface area contributed by atoms with Crippen molar-refractivity contribution >= 4 is 29.6 Å². The molecule has 1 fully saturated rings. The Hall–Kier alpha value is -3.43. The van der Waals surface area contributed by atoms with Crippen LogP contribution in [0, 0.1) is 5.92 Å². The standard InChI is InChI=1S/C23H32N4O6/c1-13(2)18(23(32)33)26-21(30)17-11-8-12-27(17)22(31)15(4)25-19(28)14(3)24-20(29)16-9-6-5-7-10-16/h5-7,9-10,13-15,17-18H,8,11-12H2,1-4H3,(H,24,29)(H,25,28)(H,26,30)(H,32,33)/t14-,15?,17-,18-/m0/s1. The number of rotatable bonds is 9. The van der Waals surface area contributed by atoms with Crippen molar-refractivity contribution in [3.8, 4) is 0 Å². The molecule has 0 aromatic heterocycles. The summed E-state index contributed by atoms with van der Waals surface area (Å²) in [6.07, 6.45) is 1.000. The van der Waals surface area contributed by atoms with Crippen LogP contribution in [0.4, 0.5) is 0 Å². The zero-order valence-electron chi connectivity index (χ0n) is 19.3. The summed E-state index contributed by atoms with van der Waals surface area (Å²) in [5.41, 5.74) is 0.410. The fourth-order valence-corrected chi connectivity index (χ4v) is 3.65. The molecule has 180 valence electrons. The number of hydrogen-bond acceptors (Lipinski definition) is 5. The molecule has 0 radical (unpaired) electrons. The molecule has 0 aliphatic carbocycles. The lowest BCUT2D eigenvalue weighted by Crippen LogP contribution is -2.56. The monoisotopic (exact) mass is 460 g/mol. The van der Waals surface area contributed by atoms with Gasteiger partial charge in [-0.25, -0.2) is 4.79 Å². The second kappa shape index (κ2) is 11.4. The molecular formula is C23H32N4O6. The minimum absolute atomic E-state index is 0.317. The van der Waals surface area contributed by atoms with Crippen LogP contribution < -0.4 is 16.0 Å². The molecule has 4 atom stereocenters. The molecule has 1 aromatic rings. The van der Waals surface area contributed by atoms with Crippen molar-refractivity contribution in [3.63, 3.8) is 0 Å². The summed E-state index contributed by atoms with van der Waals surface area (Å²) in [7, 11) is 0. The number of amides is 4. The van der Waals surface area contributed by atoms with Gasteiger partial charge in [0.2, 0.25) is 17.7 Å². The second-order valence-corrected chi connectivity index (χ2v) is 8.55. The number of carbonyl (C=O) groups is 5. The average Bonchev–Trinajstić information content (AvgIpc) is 3.26. The van der Waals surface area contributed by atoms with E-state index in [1.807, 2.05) is 0 Å². The van der Waals surface area contributed by atoms with Crippen molar-refractivity contribution in [1.82, 2.24) is 20.9 Å². The quantitative estimate of drug-likeness (QED) is 0.423. The lowest BCUT2D eigenvalue weighted by Gasteiger charge is -2.29. The van der Waals surface area contributed by atoms with E-state index in [0.717, 1.165) is 0 Å². The van der Waals surface area contributed by atoms with E-state index in [2.05, 4.69) is 16.0 Å². The highest BCUT2D eigenvalue weighted by Gasteiger charge is 2.38. The number of aliphatic carboxylic acids is 1. The van der Waals surface area contributed by atoms with Gasteiger partial charge in [0.25, 0.3) is 5.91 Å². The van der Waals surface area contributed by atoms with Crippen molar-refractivity contribution in [2.24, 2.45) is 5.92 Å². The predicted octanol–water partition coefficient (Wildman–Crippen LogP) is 0.526. The van der Waals surface area contributed by atoms with Crippen LogP contribution in [0.1, 0.15) is 50.9 Å². The molecule has 10 nitrogen and oxygen atoms in total. The normalized spacial score (nSPS) is 18.2. The summed E-state index contributed by atoms with van der Waals surface area (Å²) < 4.78 is 0. The summed E-state index contributed by atoms with van der Waals surface area (Å²) >= 11 is 0. The van der Waals surface area contributed by atoms with E-state index >= 15 is 0 Å². The Balaban J connectivity index is 1.95. The van der Waals surface area contributed by atoms with Crippen LogP contribution in [-0.2, 0) is 19.2 Å². The number of carboxylic acids is 1. The van der Waals surface area contributed by atoms with Crippen LogP contribution in [0.15, 0.2) is 30.3 Å². The largest absolute Gasteiger partial charge is 0.480 e. The van der Waals surface area contributed by atoms with Gasteiger partial charge in [0.1, 0.15) is 24.2 Å². The maximum atomic E-state index is 12.9. The summed E-state index contributed by atoms with van der Waals surface area (Å²) in [5.74, 6) is -3.37. The van der Waals surface area contributed by atoms with Crippen molar-refractivity contribution in [2.45, 2.75) is 64.7 Å². The minimum atomic E-state index is -1.14. The Morgan fingerprint density at radius 2 is 1.58 bits per heavy atom. The summed E-state index contributed by atoms with van der Waals surface area (Å²) in [5, 5.41) is 17.0. The predicted molar refractivity (Wildman–Crippen MR) is 120 cm³/mol. The van der Waals surface area contributed by atoms with Gasteiger partial charge in [-0.3, -0.25) is 19.2 Å². The van der Waals surface area contributed by atoms with Gasteiger partial charge >= 0.3 is 5.97 Å².